The molecule has 1 N–H and O–H groups in total. The molecule has 0 aromatic heterocycles. The van der Waals surface area contributed by atoms with Crippen LogP contribution in [0.25, 0.3) is 0 Å². The van der Waals surface area contributed by atoms with Crippen LogP contribution in [0.2, 0.25) is 0 Å². The summed E-state index contributed by atoms with van der Waals surface area (Å²) in [6, 6.07) is 9.63. The van der Waals surface area contributed by atoms with Crippen LogP contribution in [0.15, 0.2) is 24.3 Å². The maximum Gasteiger partial charge on any atom is 0.0399 e. The molecule has 0 radical (unpaired) electrons. The highest BCUT2D eigenvalue weighted by Gasteiger charge is 2.21. The van der Waals surface area contributed by atoms with Crippen LogP contribution in [0, 0.1) is 0 Å². The zero-order valence-electron chi connectivity index (χ0n) is 9.08. The molecule has 1 heterocycles. The largest absolute Gasteiger partial charge is 0.370 e. The summed E-state index contributed by atoms with van der Waals surface area (Å²) >= 11 is 0. The summed E-state index contributed by atoms with van der Waals surface area (Å²) in [7, 11) is 0. The molecular formula is C13H18N2. The van der Waals surface area contributed by atoms with Crippen molar-refractivity contribution in [3.63, 3.8) is 0 Å². The van der Waals surface area contributed by atoms with Crippen LogP contribution in [0.1, 0.15) is 18.4 Å². The molecule has 1 aliphatic carbocycles. The van der Waals surface area contributed by atoms with Gasteiger partial charge in [0.2, 0.25) is 0 Å². The molecule has 0 bridgehead atoms. The van der Waals surface area contributed by atoms with Crippen LogP contribution >= 0.6 is 0 Å². The summed E-state index contributed by atoms with van der Waals surface area (Å²) in [6.07, 6.45) is 3.99. The van der Waals surface area contributed by atoms with Gasteiger partial charge in [0, 0.05) is 31.4 Å². The van der Waals surface area contributed by atoms with E-state index in [1.54, 1.807) is 0 Å². The summed E-state index contributed by atoms with van der Waals surface area (Å²) in [4.78, 5) is 2.50. The Morgan fingerprint density at radius 1 is 1.27 bits per heavy atom. The van der Waals surface area contributed by atoms with Gasteiger partial charge in [-0.1, -0.05) is 18.2 Å². The zero-order chi connectivity index (χ0) is 10.1. The lowest BCUT2D eigenvalue weighted by atomic mass is 10.2. The summed E-state index contributed by atoms with van der Waals surface area (Å²) in [5, 5.41) is 3.57. The molecule has 2 heteroatoms. The van der Waals surface area contributed by atoms with Crippen molar-refractivity contribution in [2.45, 2.75) is 25.3 Å². The Morgan fingerprint density at radius 3 is 3.00 bits per heavy atom. The van der Waals surface area contributed by atoms with E-state index in [0.717, 1.165) is 19.1 Å². The lowest BCUT2D eigenvalue weighted by Crippen LogP contribution is -2.31. The molecule has 0 unspecified atom stereocenters. The first kappa shape index (κ1) is 9.22. The Balaban J connectivity index is 1.58. The minimum atomic E-state index is 0.836. The minimum absolute atomic E-state index is 0.836. The van der Waals surface area contributed by atoms with Crippen molar-refractivity contribution in [2.24, 2.45) is 0 Å². The Labute approximate surface area is 91.3 Å². The molecule has 1 aromatic carbocycles. The maximum atomic E-state index is 3.57. The molecule has 15 heavy (non-hydrogen) atoms. The van der Waals surface area contributed by atoms with Gasteiger partial charge in [0.05, 0.1) is 0 Å². The molecule has 2 nitrogen and oxygen atoms in total. The van der Waals surface area contributed by atoms with Gasteiger partial charge in [-0.05, 0) is 30.9 Å². The Kier molecular flexibility index (Phi) is 2.37. The lowest BCUT2D eigenvalue weighted by molar-refractivity contribution is 0.664. The molecule has 1 saturated carbocycles. The standard InChI is InChI=1S/C13H18N2/c1-2-4-13-11(3-1)7-9-15(13)10-8-14-12-5-6-12/h1-4,12,14H,5-10H2. The SMILES string of the molecule is c1ccc2c(c1)CCN2CCNC1CC1. The average Bonchev–Trinajstić information content (AvgIpc) is 3.00. The van der Waals surface area contributed by atoms with E-state index in [0.29, 0.717) is 0 Å². The van der Waals surface area contributed by atoms with E-state index >= 15 is 0 Å². The third-order valence-corrected chi connectivity index (χ3v) is 3.38. The van der Waals surface area contributed by atoms with E-state index < -0.39 is 0 Å². The van der Waals surface area contributed by atoms with Gasteiger partial charge in [0.25, 0.3) is 0 Å². The third-order valence-electron chi connectivity index (χ3n) is 3.38. The predicted octanol–water partition coefficient (Wildman–Crippen LogP) is 1.80. The molecule has 0 spiro atoms. The van der Waals surface area contributed by atoms with E-state index in [2.05, 4.69) is 34.5 Å². The molecule has 1 aliphatic heterocycles. The summed E-state index contributed by atoms with van der Waals surface area (Å²) < 4.78 is 0. The van der Waals surface area contributed by atoms with Crippen molar-refractivity contribution in [2.75, 3.05) is 24.5 Å². The second-order valence-electron chi connectivity index (χ2n) is 4.59. The van der Waals surface area contributed by atoms with E-state index in [4.69, 9.17) is 0 Å². The molecule has 80 valence electrons. The van der Waals surface area contributed by atoms with Gasteiger partial charge in [0.1, 0.15) is 0 Å². The van der Waals surface area contributed by atoms with Crippen LogP contribution in [0.3, 0.4) is 0 Å². The van der Waals surface area contributed by atoms with Crippen molar-refractivity contribution in [3.8, 4) is 0 Å². The summed E-state index contributed by atoms with van der Waals surface area (Å²) in [5.74, 6) is 0. The molecular weight excluding hydrogens is 184 g/mol. The highest BCUT2D eigenvalue weighted by atomic mass is 15.2. The van der Waals surface area contributed by atoms with Crippen LogP contribution < -0.4 is 10.2 Å². The first-order chi connectivity index (χ1) is 7.43. The Bertz CT molecular complexity index is 344. The van der Waals surface area contributed by atoms with Crippen molar-refractivity contribution >= 4 is 5.69 Å². The van der Waals surface area contributed by atoms with Crippen molar-refractivity contribution < 1.29 is 0 Å². The smallest absolute Gasteiger partial charge is 0.0399 e. The normalized spacial score (nSPS) is 19.3. The van der Waals surface area contributed by atoms with Crippen LogP contribution in [0.5, 0.6) is 0 Å². The number of benzene rings is 1. The van der Waals surface area contributed by atoms with Crippen LogP contribution in [-0.2, 0) is 6.42 Å². The topological polar surface area (TPSA) is 15.3 Å². The molecule has 0 saturated heterocycles. The first-order valence-corrected chi connectivity index (χ1v) is 6.00. The zero-order valence-corrected chi connectivity index (χ0v) is 9.08. The highest BCUT2D eigenvalue weighted by Crippen LogP contribution is 2.26. The molecule has 1 aromatic rings. The monoisotopic (exact) mass is 202 g/mol. The van der Waals surface area contributed by atoms with Crippen LogP contribution in [0.4, 0.5) is 5.69 Å². The van der Waals surface area contributed by atoms with Gasteiger partial charge in [-0.15, -0.1) is 0 Å². The number of hydrogen-bond acceptors (Lipinski definition) is 2. The van der Waals surface area contributed by atoms with Crippen molar-refractivity contribution in [1.29, 1.82) is 0 Å². The van der Waals surface area contributed by atoms with Crippen LogP contribution in [-0.4, -0.2) is 25.7 Å². The molecule has 1 fully saturated rings. The van der Waals surface area contributed by atoms with E-state index in [-0.39, 0.29) is 0 Å². The highest BCUT2D eigenvalue weighted by molar-refractivity contribution is 5.57. The van der Waals surface area contributed by atoms with Gasteiger partial charge in [0.15, 0.2) is 0 Å². The van der Waals surface area contributed by atoms with E-state index in [9.17, 15) is 0 Å². The Morgan fingerprint density at radius 2 is 2.13 bits per heavy atom. The second kappa shape index (κ2) is 3.86. The van der Waals surface area contributed by atoms with Gasteiger partial charge < -0.3 is 10.2 Å². The number of nitrogens with zero attached hydrogens (tertiary/aromatic N) is 1. The quantitative estimate of drug-likeness (QED) is 0.801. The fourth-order valence-corrected chi connectivity index (χ4v) is 2.33. The number of nitrogens with one attached hydrogen (secondary N) is 1. The predicted molar refractivity (Wildman–Crippen MR) is 63.4 cm³/mol. The fourth-order valence-electron chi connectivity index (χ4n) is 2.33. The first-order valence-electron chi connectivity index (χ1n) is 6.00. The third kappa shape index (κ3) is 2.00. The van der Waals surface area contributed by atoms with Crippen molar-refractivity contribution in [3.05, 3.63) is 29.8 Å². The van der Waals surface area contributed by atoms with E-state index in [1.165, 1.54) is 37.1 Å². The minimum Gasteiger partial charge on any atom is -0.370 e. The molecule has 2 aliphatic rings. The van der Waals surface area contributed by atoms with Gasteiger partial charge in [-0.3, -0.25) is 0 Å². The molecule has 0 atom stereocenters. The number of rotatable bonds is 4. The number of fused-ring (bicyclic) bond motifs is 1. The second-order valence-corrected chi connectivity index (χ2v) is 4.59. The van der Waals surface area contributed by atoms with Gasteiger partial charge >= 0.3 is 0 Å². The number of hydrogen-bond donors (Lipinski definition) is 1. The number of para-hydroxylation sites is 1. The van der Waals surface area contributed by atoms with Gasteiger partial charge in [-0.2, -0.15) is 0 Å². The fraction of sp³-hybridized carbons (Fsp3) is 0.538. The summed E-state index contributed by atoms with van der Waals surface area (Å²) in [5.41, 5.74) is 2.97. The molecule has 0 amide bonds. The van der Waals surface area contributed by atoms with E-state index in [1.807, 2.05) is 0 Å². The summed E-state index contributed by atoms with van der Waals surface area (Å²) in [6.45, 7) is 3.50. The lowest BCUT2D eigenvalue weighted by Gasteiger charge is -2.19. The Hall–Kier alpha value is -1.02. The average molecular weight is 202 g/mol. The molecule has 3 rings (SSSR count). The van der Waals surface area contributed by atoms with Gasteiger partial charge in [-0.25, -0.2) is 0 Å². The van der Waals surface area contributed by atoms with Crippen molar-refractivity contribution in [1.82, 2.24) is 5.32 Å². The number of anilines is 1. The maximum absolute atomic E-state index is 3.57.